The highest BCUT2D eigenvalue weighted by Crippen LogP contribution is 2.19. The van der Waals surface area contributed by atoms with Crippen molar-refractivity contribution in [2.45, 2.75) is 19.4 Å². The van der Waals surface area contributed by atoms with Gasteiger partial charge in [0.1, 0.15) is 6.33 Å². The Hall–Kier alpha value is -1.98. The van der Waals surface area contributed by atoms with Crippen molar-refractivity contribution in [3.63, 3.8) is 0 Å². The minimum atomic E-state index is -2.39. The van der Waals surface area contributed by atoms with Gasteiger partial charge in [0.05, 0.1) is 6.04 Å². The first-order chi connectivity index (χ1) is 8.58. The van der Waals surface area contributed by atoms with Crippen LogP contribution in [-0.4, -0.2) is 27.2 Å². The van der Waals surface area contributed by atoms with Crippen LogP contribution in [0.1, 0.15) is 6.92 Å². The zero-order chi connectivity index (χ0) is 13.1. The van der Waals surface area contributed by atoms with Gasteiger partial charge in [0, 0.05) is 18.3 Å². The van der Waals surface area contributed by atoms with Crippen molar-refractivity contribution in [1.82, 2.24) is 14.8 Å². The van der Waals surface area contributed by atoms with E-state index in [1.54, 1.807) is 23.0 Å². The third kappa shape index (κ3) is 2.64. The van der Waals surface area contributed by atoms with E-state index < -0.39 is 12.5 Å². The van der Waals surface area contributed by atoms with E-state index in [1.807, 2.05) is 19.2 Å². The maximum atomic E-state index is 12.4. The number of aryl methyl sites for hydroxylation is 1. The van der Waals surface area contributed by atoms with Crippen LogP contribution in [0.4, 0.5) is 14.5 Å². The summed E-state index contributed by atoms with van der Waals surface area (Å²) in [6, 6.07) is 6.28. The highest BCUT2D eigenvalue weighted by molar-refractivity contribution is 5.59. The average molecular weight is 252 g/mol. The summed E-state index contributed by atoms with van der Waals surface area (Å²) in [5.74, 6) is 0.739. The van der Waals surface area contributed by atoms with E-state index >= 15 is 0 Å². The lowest BCUT2D eigenvalue weighted by atomic mass is 10.2. The first kappa shape index (κ1) is 12.5. The lowest BCUT2D eigenvalue weighted by molar-refractivity contribution is 0.131. The van der Waals surface area contributed by atoms with Crippen molar-refractivity contribution < 1.29 is 8.78 Å². The lowest BCUT2D eigenvalue weighted by Crippen LogP contribution is -2.23. The fourth-order valence-electron chi connectivity index (χ4n) is 1.59. The summed E-state index contributed by atoms with van der Waals surface area (Å²) in [5.41, 5.74) is 1.55. The molecular weight excluding hydrogens is 238 g/mol. The second-order valence-corrected chi connectivity index (χ2v) is 4.11. The van der Waals surface area contributed by atoms with Crippen molar-refractivity contribution in [2.24, 2.45) is 7.05 Å². The van der Waals surface area contributed by atoms with Crippen LogP contribution in [0.5, 0.6) is 0 Å². The Morgan fingerprint density at radius 3 is 2.39 bits per heavy atom. The predicted octanol–water partition coefficient (Wildman–Crippen LogP) is 2.55. The van der Waals surface area contributed by atoms with Crippen molar-refractivity contribution in [3.8, 4) is 11.4 Å². The zero-order valence-corrected chi connectivity index (χ0v) is 10.1. The van der Waals surface area contributed by atoms with E-state index in [0.717, 1.165) is 11.4 Å². The first-order valence-electron chi connectivity index (χ1n) is 5.57. The first-order valence-corrected chi connectivity index (χ1v) is 5.57. The van der Waals surface area contributed by atoms with Gasteiger partial charge in [-0.3, -0.25) is 0 Å². The normalized spacial score (nSPS) is 12.7. The van der Waals surface area contributed by atoms with E-state index in [-0.39, 0.29) is 0 Å². The fourth-order valence-corrected chi connectivity index (χ4v) is 1.59. The number of nitrogens with one attached hydrogen (secondary N) is 1. The molecule has 0 bridgehead atoms. The number of nitrogens with zero attached hydrogens (tertiary/aromatic N) is 3. The molecule has 1 aromatic heterocycles. The van der Waals surface area contributed by atoms with Crippen molar-refractivity contribution >= 4 is 5.69 Å². The van der Waals surface area contributed by atoms with Gasteiger partial charge in [-0.1, -0.05) is 0 Å². The van der Waals surface area contributed by atoms with E-state index in [1.165, 1.54) is 6.92 Å². The van der Waals surface area contributed by atoms with Crippen LogP contribution in [0.2, 0.25) is 0 Å². The van der Waals surface area contributed by atoms with Gasteiger partial charge in [0.25, 0.3) is 6.43 Å². The summed E-state index contributed by atoms with van der Waals surface area (Å²) in [4.78, 5) is 0. The molecule has 1 N–H and O–H groups in total. The van der Waals surface area contributed by atoms with Crippen LogP contribution in [0, 0.1) is 0 Å². The molecule has 0 radical (unpaired) electrons. The molecule has 0 spiro atoms. The number of anilines is 1. The van der Waals surface area contributed by atoms with Crippen molar-refractivity contribution in [2.75, 3.05) is 5.32 Å². The van der Waals surface area contributed by atoms with Gasteiger partial charge in [0.15, 0.2) is 5.82 Å². The molecule has 96 valence electrons. The monoisotopic (exact) mass is 252 g/mol. The lowest BCUT2D eigenvalue weighted by Gasteiger charge is -2.14. The molecule has 0 saturated carbocycles. The number of rotatable bonds is 4. The molecular formula is C12H14F2N4. The SMILES string of the molecule is CC(Nc1ccc(-c2nncn2C)cc1)C(F)F. The van der Waals surface area contributed by atoms with Gasteiger partial charge in [-0.2, -0.15) is 0 Å². The van der Waals surface area contributed by atoms with Gasteiger partial charge < -0.3 is 9.88 Å². The highest BCUT2D eigenvalue weighted by Gasteiger charge is 2.13. The minimum absolute atomic E-state index is 0.661. The Morgan fingerprint density at radius 1 is 1.22 bits per heavy atom. The Morgan fingerprint density at radius 2 is 1.89 bits per heavy atom. The van der Waals surface area contributed by atoms with Crippen LogP contribution in [0.25, 0.3) is 11.4 Å². The molecule has 0 saturated heterocycles. The van der Waals surface area contributed by atoms with Crippen molar-refractivity contribution in [1.29, 1.82) is 0 Å². The molecule has 0 aliphatic rings. The number of hydrogen-bond acceptors (Lipinski definition) is 3. The molecule has 1 atom stereocenters. The van der Waals surface area contributed by atoms with E-state index in [4.69, 9.17) is 0 Å². The van der Waals surface area contributed by atoms with Crippen LogP contribution < -0.4 is 5.32 Å². The second-order valence-electron chi connectivity index (χ2n) is 4.11. The van der Waals surface area contributed by atoms with Gasteiger partial charge >= 0.3 is 0 Å². The largest absolute Gasteiger partial charge is 0.377 e. The maximum Gasteiger partial charge on any atom is 0.258 e. The number of halogens is 2. The van der Waals surface area contributed by atoms with Crippen LogP contribution in [0.3, 0.4) is 0 Å². The molecule has 18 heavy (non-hydrogen) atoms. The predicted molar refractivity (Wildman–Crippen MR) is 65.5 cm³/mol. The summed E-state index contributed by atoms with van der Waals surface area (Å²) in [6.45, 7) is 1.45. The summed E-state index contributed by atoms with van der Waals surface area (Å²) >= 11 is 0. The molecule has 1 heterocycles. The standard InChI is InChI=1S/C12H14F2N4/c1-8(11(13)14)16-10-5-3-9(4-6-10)12-17-15-7-18(12)2/h3-8,11,16H,1-2H3. The van der Waals surface area contributed by atoms with E-state index in [0.29, 0.717) is 5.69 Å². The van der Waals surface area contributed by atoms with Crippen LogP contribution >= 0.6 is 0 Å². The summed E-state index contributed by atoms with van der Waals surface area (Å²) in [6.07, 6.45) is -0.774. The number of benzene rings is 1. The molecule has 0 amide bonds. The number of aromatic nitrogens is 3. The van der Waals surface area contributed by atoms with Gasteiger partial charge in [-0.25, -0.2) is 8.78 Å². The molecule has 0 aliphatic carbocycles. The van der Waals surface area contributed by atoms with E-state index in [2.05, 4.69) is 15.5 Å². The Labute approximate surface area is 104 Å². The molecule has 0 aliphatic heterocycles. The topological polar surface area (TPSA) is 42.7 Å². The number of alkyl halides is 2. The quantitative estimate of drug-likeness (QED) is 0.909. The van der Waals surface area contributed by atoms with Crippen molar-refractivity contribution in [3.05, 3.63) is 30.6 Å². The zero-order valence-electron chi connectivity index (χ0n) is 10.1. The Balaban J connectivity index is 2.13. The third-order valence-corrected chi connectivity index (χ3v) is 2.63. The summed E-state index contributed by atoms with van der Waals surface area (Å²) in [7, 11) is 1.85. The number of hydrogen-bond donors (Lipinski definition) is 1. The van der Waals surface area contributed by atoms with Gasteiger partial charge in [-0.05, 0) is 31.2 Å². The molecule has 2 aromatic rings. The highest BCUT2D eigenvalue weighted by atomic mass is 19.3. The molecule has 0 fully saturated rings. The minimum Gasteiger partial charge on any atom is -0.377 e. The van der Waals surface area contributed by atoms with E-state index in [9.17, 15) is 8.78 Å². The second kappa shape index (κ2) is 5.12. The van der Waals surface area contributed by atoms with Gasteiger partial charge in [0.2, 0.25) is 0 Å². The maximum absolute atomic E-state index is 12.4. The summed E-state index contributed by atoms with van der Waals surface area (Å²) < 4.78 is 26.6. The average Bonchev–Trinajstić information content (AvgIpc) is 2.76. The molecule has 2 rings (SSSR count). The molecule has 6 heteroatoms. The summed E-state index contributed by atoms with van der Waals surface area (Å²) in [5, 5.41) is 10.5. The Kier molecular flexibility index (Phi) is 3.55. The fraction of sp³-hybridized carbons (Fsp3) is 0.333. The smallest absolute Gasteiger partial charge is 0.258 e. The molecule has 4 nitrogen and oxygen atoms in total. The molecule has 1 unspecified atom stereocenters. The molecule has 1 aromatic carbocycles. The van der Waals surface area contributed by atoms with Crippen LogP contribution in [-0.2, 0) is 7.05 Å². The van der Waals surface area contributed by atoms with Crippen LogP contribution in [0.15, 0.2) is 30.6 Å². The Bertz CT molecular complexity index is 507. The van der Waals surface area contributed by atoms with Gasteiger partial charge in [-0.15, -0.1) is 10.2 Å². The third-order valence-electron chi connectivity index (χ3n) is 2.63.